The van der Waals surface area contributed by atoms with Gasteiger partial charge in [0.2, 0.25) is 16.0 Å². The summed E-state index contributed by atoms with van der Waals surface area (Å²) in [7, 11) is -3.30. The Kier molecular flexibility index (Phi) is 4.54. The molecule has 24 heavy (non-hydrogen) atoms. The van der Waals surface area contributed by atoms with E-state index in [1.165, 1.54) is 0 Å². The third kappa shape index (κ3) is 3.85. The highest BCUT2D eigenvalue weighted by molar-refractivity contribution is 7.88. The van der Waals surface area contributed by atoms with E-state index in [0.29, 0.717) is 19.2 Å². The number of rotatable bonds is 4. The van der Waals surface area contributed by atoms with Crippen LogP contribution in [0.4, 0.5) is 5.95 Å². The van der Waals surface area contributed by atoms with E-state index in [1.54, 1.807) is 6.20 Å². The molecule has 3 heterocycles. The molecule has 0 radical (unpaired) electrons. The zero-order valence-corrected chi connectivity index (χ0v) is 15.1. The van der Waals surface area contributed by atoms with E-state index in [2.05, 4.69) is 40.8 Å². The van der Waals surface area contributed by atoms with Gasteiger partial charge in [-0.15, -0.1) is 0 Å². The van der Waals surface area contributed by atoms with Gasteiger partial charge in [-0.1, -0.05) is 20.8 Å². The summed E-state index contributed by atoms with van der Waals surface area (Å²) >= 11 is 0. The Morgan fingerprint density at radius 1 is 1.17 bits per heavy atom. The predicted molar refractivity (Wildman–Crippen MR) is 89.4 cm³/mol. The molecule has 0 bridgehead atoms. The van der Waals surface area contributed by atoms with Gasteiger partial charge in [-0.05, 0) is 6.07 Å². The van der Waals surface area contributed by atoms with Crippen molar-refractivity contribution in [1.82, 2.24) is 14.7 Å². The van der Waals surface area contributed by atoms with E-state index in [1.807, 2.05) is 6.07 Å². The minimum atomic E-state index is -3.30. The van der Waals surface area contributed by atoms with Crippen molar-refractivity contribution in [3.05, 3.63) is 18.0 Å². The molecule has 9 heteroatoms. The zero-order chi connectivity index (χ0) is 17.5. The van der Waals surface area contributed by atoms with Crippen LogP contribution < -0.4 is 10.0 Å². The van der Waals surface area contributed by atoms with E-state index in [9.17, 15) is 8.42 Å². The number of nitrogens with one attached hydrogen (secondary N) is 2. The van der Waals surface area contributed by atoms with Crippen molar-refractivity contribution in [2.75, 3.05) is 24.8 Å². The van der Waals surface area contributed by atoms with Crippen LogP contribution in [0.25, 0.3) is 0 Å². The molecule has 1 aromatic rings. The van der Waals surface area contributed by atoms with Crippen LogP contribution in [-0.2, 0) is 24.9 Å². The maximum atomic E-state index is 11.4. The van der Waals surface area contributed by atoms with E-state index in [4.69, 9.17) is 9.47 Å². The predicted octanol–water partition coefficient (Wildman–Crippen LogP) is 0.270. The van der Waals surface area contributed by atoms with Gasteiger partial charge in [0.25, 0.3) is 0 Å². The van der Waals surface area contributed by atoms with Crippen LogP contribution in [0.1, 0.15) is 26.5 Å². The Morgan fingerprint density at radius 2 is 1.79 bits per heavy atom. The van der Waals surface area contributed by atoms with Gasteiger partial charge in [-0.2, -0.15) is 0 Å². The molecular formula is C15H24N4O4S. The molecular weight excluding hydrogens is 332 g/mol. The highest BCUT2D eigenvalue weighted by Gasteiger charge is 2.48. The van der Waals surface area contributed by atoms with Gasteiger partial charge in [0.05, 0.1) is 37.2 Å². The highest BCUT2D eigenvalue weighted by atomic mass is 32.2. The van der Waals surface area contributed by atoms with E-state index < -0.39 is 10.0 Å². The molecule has 0 aliphatic carbocycles. The van der Waals surface area contributed by atoms with Crippen LogP contribution in [-0.4, -0.2) is 62.1 Å². The van der Waals surface area contributed by atoms with Crippen LogP contribution in [0.2, 0.25) is 0 Å². The molecule has 4 atom stereocenters. The summed E-state index contributed by atoms with van der Waals surface area (Å²) in [4.78, 5) is 8.82. The molecule has 8 nitrogen and oxygen atoms in total. The van der Waals surface area contributed by atoms with Gasteiger partial charge in [-0.3, -0.25) is 0 Å². The Bertz CT molecular complexity index is 704. The van der Waals surface area contributed by atoms with Gasteiger partial charge in [0, 0.05) is 11.6 Å². The maximum absolute atomic E-state index is 11.4. The molecule has 2 saturated heterocycles. The fraction of sp³-hybridized carbons (Fsp3) is 0.733. The smallest absolute Gasteiger partial charge is 0.223 e. The number of ether oxygens (including phenoxy) is 2. The topological polar surface area (TPSA) is 102 Å². The first-order chi connectivity index (χ1) is 11.1. The molecule has 2 fully saturated rings. The van der Waals surface area contributed by atoms with Crippen molar-refractivity contribution < 1.29 is 17.9 Å². The molecule has 134 valence electrons. The van der Waals surface area contributed by atoms with Gasteiger partial charge in [-0.25, -0.2) is 23.1 Å². The summed E-state index contributed by atoms with van der Waals surface area (Å²) in [6, 6.07) is 1.42. The van der Waals surface area contributed by atoms with Crippen molar-refractivity contribution >= 4 is 16.0 Å². The molecule has 0 amide bonds. The summed E-state index contributed by atoms with van der Waals surface area (Å²) in [5.74, 6) is 0.528. The summed E-state index contributed by atoms with van der Waals surface area (Å²) in [5.41, 5.74) is 0.877. The molecule has 0 spiro atoms. The third-order valence-corrected chi connectivity index (χ3v) is 4.89. The molecule has 0 saturated carbocycles. The van der Waals surface area contributed by atoms with E-state index >= 15 is 0 Å². The second kappa shape index (κ2) is 6.21. The summed E-state index contributed by atoms with van der Waals surface area (Å²) in [6.07, 6.45) is 2.33. The number of anilines is 1. The number of fused-ring (bicyclic) bond motifs is 1. The van der Waals surface area contributed by atoms with Crippen molar-refractivity contribution in [3.63, 3.8) is 0 Å². The summed E-state index contributed by atoms with van der Waals surface area (Å²) < 4.78 is 36.9. The minimum Gasteiger partial charge on any atom is -0.371 e. The van der Waals surface area contributed by atoms with Gasteiger partial charge in [0.15, 0.2) is 0 Å². The first-order valence-electron chi connectivity index (χ1n) is 7.94. The lowest BCUT2D eigenvalue weighted by atomic mass is 9.92. The fourth-order valence-corrected chi connectivity index (χ4v) is 3.76. The molecule has 2 N–H and O–H groups in total. The standard InChI is InChI=1S/C15H24N4O4S/c1-15(2,3)11-5-6-16-14(18-11)17-9-7-22-13-10(8-23-12(9)13)19-24(4,20)21/h5-6,9-10,12-13,19H,7-8H2,1-4H3,(H,16,17,18). The van der Waals surface area contributed by atoms with Crippen molar-refractivity contribution in [2.45, 2.75) is 50.5 Å². The molecule has 4 unspecified atom stereocenters. The second-order valence-corrected chi connectivity index (χ2v) is 9.14. The Labute approximate surface area is 142 Å². The number of hydrogen-bond donors (Lipinski definition) is 2. The van der Waals surface area contributed by atoms with Gasteiger partial charge in [0.1, 0.15) is 12.2 Å². The number of sulfonamides is 1. The first-order valence-corrected chi connectivity index (χ1v) is 9.83. The molecule has 1 aromatic heterocycles. The lowest BCUT2D eigenvalue weighted by molar-refractivity contribution is 0.0690. The van der Waals surface area contributed by atoms with Gasteiger partial charge < -0.3 is 14.8 Å². The van der Waals surface area contributed by atoms with Crippen molar-refractivity contribution in [3.8, 4) is 0 Å². The highest BCUT2D eigenvalue weighted by Crippen LogP contribution is 2.29. The molecule has 3 rings (SSSR count). The zero-order valence-electron chi connectivity index (χ0n) is 14.3. The maximum Gasteiger partial charge on any atom is 0.223 e. The lowest BCUT2D eigenvalue weighted by Gasteiger charge is -2.21. The minimum absolute atomic E-state index is 0.0670. The Balaban J connectivity index is 1.68. The van der Waals surface area contributed by atoms with Crippen molar-refractivity contribution in [1.29, 1.82) is 0 Å². The monoisotopic (exact) mass is 356 g/mol. The van der Waals surface area contributed by atoms with Crippen LogP contribution in [0, 0.1) is 0 Å². The van der Waals surface area contributed by atoms with Gasteiger partial charge >= 0.3 is 0 Å². The molecule has 2 aliphatic rings. The lowest BCUT2D eigenvalue weighted by Crippen LogP contribution is -2.44. The largest absolute Gasteiger partial charge is 0.371 e. The van der Waals surface area contributed by atoms with Crippen LogP contribution >= 0.6 is 0 Å². The number of nitrogens with zero attached hydrogens (tertiary/aromatic N) is 2. The van der Waals surface area contributed by atoms with Crippen LogP contribution in [0.15, 0.2) is 12.3 Å². The SMILES string of the molecule is CC(C)(C)c1ccnc(NC2COC3C(NS(C)(=O)=O)COC23)n1. The van der Waals surface area contributed by atoms with Crippen molar-refractivity contribution in [2.24, 2.45) is 0 Å². The normalized spacial score (nSPS) is 30.3. The average molecular weight is 356 g/mol. The fourth-order valence-electron chi connectivity index (χ4n) is 3.01. The molecule has 0 aromatic carbocycles. The summed E-state index contributed by atoms with van der Waals surface area (Å²) in [5, 5.41) is 3.26. The number of aromatic nitrogens is 2. The second-order valence-electron chi connectivity index (χ2n) is 7.36. The Morgan fingerprint density at radius 3 is 2.42 bits per heavy atom. The quantitative estimate of drug-likeness (QED) is 0.798. The molecule has 2 aliphatic heterocycles. The first kappa shape index (κ1) is 17.5. The van der Waals surface area contributed by atoms with Crippen LogP contribution in [0.5, 0.6) is 0 Å². The third-order valence-electron chi connectivity index (χ3n) is 4.16. The summed E-state index contributed by atoms with van der Waals surface area (Å²) in [6.45, 7) is 6.99. The van der Waals surface area contributed by atoms with E-state index in [-0.39, 0.29) is 29.7 Å². The average Bonchev–Trinajstić information content (AvgIpc) is 3.01. The van der Waals surface area contributed by atoms with Crippen LogP contribution in [0.3, 0.4) is 0 Å². The number of hydrogen-bond acceptors (Lipinski definition) is 7. The Hall–Kier alpha value is -1.29. The van der Waals surface area contributed by atoms with E-state index in [0.717, 1.165) is 11.9 Å².